The zero-order valence-corrected chi connectivity index (χ0v) is 45.5. The first kappa shape index (κ1) is 49.2. The molecule has 0 amide bonds. The standard InChI is InChI=1S/C69H49N3.C3H6.H3PS/c1-69(2)63-27-15-12-24-57(63)61-45-56(36-38-64(61)69)72-66-29-17-14-26-59(66)62-43-47(33-39-67(62)72)50-40-49(46-30-34-55(35-31-46)70(52-18-6-3-7-19-52)53-20-8-4-9-21-53)41-51(42-50)48-32-37-60-58-25-13-16-28-65(58)71(68(60)44-48)54-22-10-5-11-23-54;1-3-2;1-2/h3-45H,1-2H3;3H,1H2,2H3;2H,1H2. The molecule has 0 aliphatic heterocycles. The summed E-state index contributed by atoms with van der Waals surface area (Å²) in [7, 11) is 2.11. The number of hydrogen-bond acceptors (Lipinski definition) is 2. The van der Waals surface area contributed by atoms with E-state index in [2.05, 4.69) is 316 Å². The topological polar surface area (TPSA) is 13.1 Å². The highest BCUT2D eigenvalue weighted by atomic mass is 32.7. The van der Waals surface area contributed by atoms with Gasteiger partial charge in [-0.15, -0.1) is 6.58 Å². The molecule has 0 saturated carbocycles. The Bertz CT molecular complexity index is 4250. The molecule has 1 atom stereocenters. The van der Waals surface area contributed by atoms with E-state index in [-0.39, 0.29) is 5.41 Å². The molecule has 3 nitrogen and oxygen atoms in total. The number of para-hydroxylation sites is 5. The molecule has 372 valence electrons. The molecule has 1 aliphatic rings. The lowest BCUT2D eigenvalue weighted by molar-refractivity contribution is 0.660. The van der Waals surface area contributed by atoms with Crippen molar-refractivity contribution in [3.8, 4) is 55.9 Å². The van der Waals surface area contributed by atoms with Crippen molar-refractivity contribution in [3.05, 3.63) is 285 Å². The van der Waals surface area contributed by atoms with Crippen LogP contribution in [0.2, 0.25) is 0 Å². The maximum Gasteiger partial charge on any atom is 0.0547 e. The molecule has 11 aromatic carbocycles. The Labute approximate surface area is 459 Å². The quantitative estimate of drug-likeness (QED) is 0.0909. The van der Waals surface area contributed by atoms with Gasteiger partial charge in [0.15, 0.2) is 0 Å². The summed E-state index contributed by atoms with van der Waals surface area (Å²) in [5, 5.41) is 4.96. The molecule has 2 heterocycles. The van der Waals surface area contributed by atoms with Gasteiger partial charge in [0.05, 0.1) is 22.1 Å². The first-order valence-corrected chi connectivity index (χ1v) is 28.3. The smallest absolute Gasteiger partial charge is 0.0547 e. The number of fused-ring (bicyclic) bond motifs is 9. The summed E-state index contributed by atoms with van der Waals surface area (Å²) in [4.78, 5) is 2.32. The highest BCUT2D eigenvalue weighted by Crippen LogP contribution is 2.50. The van der Waals surface area contributed by atoms with E-state index < -0.39 is 0 Å². The minimum atomic E-state index is -0.0493. The van der Waals surface area contributed by atoms with Crippen LogP contribution < -0.4 is 4.90 Å². The maximum atomic E-state index is 3.44. The SMILES string of the molecule is C=CC.CC1(C)c2ccccc2-c2cc(-n3c4ccccc4c4cc(-c5cc(-c6ccc(N(c7ccccc7)c7ccccc7)cc6)cc(-c6ccc7c8ccccc8n(-c8ccccc8)c7c6)c5)ccc43)ccc21.PS. The molecule has 2 aromatic heterocycles. The van der Waals surface area contributed by atoms with Crippen molar-refractivity contribution in [1.82, 2.24) is 9.13 Å². The lowest BCUT2D eigenvalue weighted by Crippen LogP contribution is -2.14. The molecular weight excluding hydrogens is 970 g/mol. The van der Waals surface area contributed by atoms with Gasteiger partial charge in [-0.05, 0) is 172 Å². The Hall–Kier alpha value is -8.66. The first-order chi connectivity index (χ1) is 37.9. The Morgan fingerprint density at radius 3 is 1.44 bits per heavy atom. The summed E-state index contributed by atoms with van der Waals surface area (Å²) in [5.74, 6) is 0. The van der Waals surface area contributed by atoms with Gasteiger partial charge in [0.25, 0.3) is 0 Å². The van der Waals surface area contributed by atoms with Crippen LogP contribution in [0, 0.1) is 0 Å². The van der Waals surface area contributed by atoms with Crippen molar-refractivity contribution in [2.24, 2.45) is 0 Å². The molecule has 1 unspecified atom stereocenters. The monoisotopic (exact) mass is 1030 g/mol. The molecule has 0 spiro atoms. The van der Waals surface area contributed by atoms with Gasteiger partial charge in [-0.2, -0.15) is 12.2 Å². The number of aromatic nitrogens is 2. The molecule has 14 rings (SSSR count). The highest BCUT2D eigenvalue weighted by molar-refractivity contribution is 8.31. The van der Waals surface area contributed by atoms with Crippen molar-refractivity contribution in [2.75, 3.05) is 4.90 Å². The summed E-state index contributed by atoms with van der Waals surface area (Å²) < 4.78 is 4.87. The molecule has 0 bridgehead atoms. The van der Waals surface area contributed by atoms with E-state index in [1.54, 1.807) is 6.08 Å². The van der Waals surface area contributed by atoms with Gasteiger partial charge < -0.3 is 14.0 Å². The summed E-state index contributed by atoms with van der Waals surface area (Å²) in [6, 6.07) is 95.9. The van der Waals surface area contributed by atoms with Crippen molar-refractivity contribution < 1.29 is 0 Å². The Morgan fingerprint density at radius 1 is 0.364 bits per heavy atom. The number of allylic oxidation sites excluding steroid dienone is 1. The molecular formula is C72H58N3PS. The minimum absolute atomic E-state index is 0.0493. The number of thiol groups is 1. The van der Waals surface area contributed by atoms with Crippen molar-refractivity contribution in [2.45, 2.75) is 26.2 Å². The third-order valence-electron chi connectivity index (χ3n) is 15.3. The van der Waals surface area contributed by atoms with Gasteiger partial charge in [-0.3, -0.25) is 0 Å². The van der Waals surface area contributed by atoms with Crippen LogP contribution in [0.15, 0.2) is 274 Å². The van der Waals surface area contributed by atoms with Crippen LogP contribution in [-0.2, 0) is 5.41 Å². The predicted octanol–water partition coefficient (Wildman–Crippen LogP) is 20.6. The summed E-state index contributed by atoms with van der Waals surface area (Å²) >= 11 is 3.44. The van der Waals surface area contributed by atoms with Gasteiger partial charge >= 0.3 is 0 Å². The van der Waals surface area contributed by atoms with Crippen LogP contribution in [-0.4, -0.2) is 9.13 Å². The third kappa shape index (κ3) is 8.74. The van der Waals surface area contributed by atoms with E-state index in [0.29, 0.717) is 0 Å². The second kappa shape index (κ2) is 20.8. The number of benzene rings is 11. The van der Waals surface area contributed by atoms with Crippen LogP contribution in [0.25, 0.3) is 99.5 Å². The van der Waals surface area contributed by atoms with Gasteiger partial charge in [0.2, 0.25) is 0 Å². The zero-order chi connectivity index (χ0) is 52.6. The van der Waals surface area contributed by atoms with Crippen LogP contribution in [0.3, 0.4) is 0 Å². The van der Waals surface area contributed by atoms with Crippen molar-refractivity contribution >= 4 is 81.4 Å². The molecule has 0 saturated heterocycles. The van der Waals surface area contributed by atoms with E-state index in [1.165, 1.54) is 88.2 Å². The fourth-order valence-corrected chi connectivity index (χ4v) is 11.8. The van der Waals surface area contributed by atoms with Crippen LogP contribution in [0.5, 0.6) is 0 Å². The lowest BCUT2D eigenvalue weighted by Gasteiger charge is -2.25. The van der Waals surface area contributed by atoms with Gasteiger partial charge in [0, 0.05) is 55.4 Å². The number of nitrogens with zero attached hydrogens (tertiary/aromatic N) is 3. The molecule has 5 heteroatoms. The summed E-state index contributed by atoms with van der Waals surface area (Å²) in [5.41, 5.74) is 22.8. The number of anilines is 3. The van der Waals surface area contributed by atoms with Crippen LogP contribution >= 0.6 is 20.7 Å². The fourth-order valence-electron chi connectivity index (χ4n) is 11.8. The van der Waals surface area contributed by atoms with E-state index in [1.807, 2.05) is 6.92 Å². The number of hydrogen-bond donors (Lipinski definition) is 1. The second-order valence-electron chi connectivity index (χ2n) is 20.2. The molecule has 0 N–H and O–H groups in total. The fraction of sp³-hybridized carbons (Fsp3) is 0.0556. The van der Waals surface area contributed by atoms with E-state index in [4.69, 9.17) is 0 Å². The highest BCUT2D eigenvalue weighted by Gasteiger charge is 2.35. The average Bonchev–Trinajstić information content (AvgIpc) is 4.24. The zero-order valence-electron chi connectivity index (χ0n) is 43.5. The lowest BCUT2D eigenvalue weighted by atomic mass is 9.82. The Morgan fingerprint density at radius 2 is 0.805 bits per heavy atom. The van der Waals surface area contributed by atoms with Crippen LogP contribution in [0.4, 0.5) is 17.1 Å². The van der Waals surface area contributed by atoms with Gasteiger partial charge in [0.1, 0.15) is 0 Å². The van der Waals surface area contributed by atoms with Gasteiger partial charge in [-0.25, -0.2) is 0 Å². The minimum Gasteiger partial charge on any atom is -0.311 e. The Kier molecular flexibility index (Phi) is 13.3. The molecule has 0 radical (unpaired) electrons. The molecule has 1 aliphatic carbocycles. The van der Waals surface area contributed by atoms with Crippen LogP contribution in [0.1, 0.15) is 31.9 Å². The third-order valence-corrected chi connectivity index (χ3v) is 15.3. The van der Waals surface area contributed by atoms with Gasteiger partial charge in [-0.1, -0.05) is 180 Å². The first-order valence-electron chi connectivity index (χ1n) is 26.2. The van der Waals surface area contributed by atoms with Crippen molar-refractivity contribution in [3.63, 3.8) is 0 Å². The predicted molar refractivity (Wildman–Crippen MR) is 338 cm³/mol. The molecule has 13 aromatic rings. The largest absolute Gasteiger partial charge is 0.311 e. The van der Waals surface area contributed by atoms with Crippen molar-refractivity contribution in [1.29, 1.82) is 0 Å². The molecule has 77 heavy (non-hydrogen) atoms. The summed E-state index contributed by atoms with van der Waals surface area (Å²) in [6.45, 7) is 9.95. The molecule has 0 fully saturated rings. The summed E-state index contributed by atoms with van der Waals surface area (Å²) in [6.07, 6.45) is 1.75. The van der Waals surface area contributed by atoms with E-state index in [0.717, 1.165) is 39.4 Å². The second-order valence-corrected chi connectivity index (χ2v) is 20.2. The van der Waals surface area contributed by atoms with E-state index in [9.17, 15) is 0 Å². The normalized spacial score (nSPS) is 12.1. The van der Waals surface area contributed by atoms with E-state index >= 15 is 0 Å². The number of rotatable bonds is 8. The average molecular weight is 1030 g/mol. The Balaban J connectivity index is 0.00000115. The maximum absolute atomic E-state index is 3.44.